The fourth-order valence-electron chi connectivity index (χ4n) is 1.27. The Morgan fingerprint density at radius 2 is 2.24 bits per heavy atom. The Hall–Kier alpha value is -1.75. The van der Waals surface area contributed by atoms with Crippen molar-refractivity contribution in [1.29, 1.82) is 0 Å². The van der Waals surface area contributed by atoms with Crippen LogP contribution in [0, 0.1) is 18.6 Å². The number of halogens is 2. The molecule has 0 aliphatic rings. The van der Waals surface area contributed by atoms with Crippen molar-refractivity contribution in [3.05, 3.63) is 42.0 Å². The van der Waals surface area contributed by atoms with E-state index in [4.69, 9.17) is 5.73 Å². The van der Waals surface area contributed by atoms with Gasteiger partial charge in [-0.3, -0.25) is 4.79 Å². The molecule has 0 aliphatic heterocycles. The molecule has 0 aliphatic carbocycles. The maximum absolute atomic E-state index is 13.6. The average Bonchev–Trinajstić information content (AvgIpc) is 2.29. The molecule has 5 heteroatoms. The van der Waals surface area contributed by atoms with Gasteiger partial charge in [0.05, 0.1) is 6.04 Å². The lowest BCUT2D eigenvalue weighted by Crippen LogP contribution is -2.35. The van der Waals surface area contributed by atoms with Crippen molar-refractivity contribution in [1.82, 2.24) is 0 Å². The molecule has 0 radical (unpaired) electrons. The lowest BCUT2D eigenvalue weighted by atomic mass is 10.1. The topological polar surface area (TPSA) is 55.1 Å². The number of rotatable bonds is 4. The third-order valence-electron chi connectivity index (χ3n) is 2.29. The second-order valence-electron chi connectivity index (χ2n) is 3.67. The highest BCUT2D eigenvalue weighted by Crippen LogP contribution is 2.21. The second kappa shape index (κ2) is 5.54. The first-order valence-electron chi connectivity index (χ1n) is 5.09. The van der Waals surface area contributed by atoms with Crippen molar-refractivity contribution in [2.24, 2.45) is 5.73 Å². The Morgan fingerprint density at radius 1 is 1.59 bits per heavy atom. The highest BCUT2D eigenvalue weighted by molar-refractivity contribution is 5.95. The number of nitrogens with one attached hydrogen (secondary N) is 1. The fourth-order valence-corrected chi connectivity index (χ4v) is 1.27. The molecular formula is C12H14F2N2O. The summed E-state index contributed by atoms with van der Waals surface area (Å²) < 4.78 is 26.9. The third kappa shape index (κ3) is 3.10. The Labute approximate surface area is 98.3 Å². The molecule has 1 rings (SSSR count). The van der Waals surface area contributed by atoms with Crippen LogP contribution in [0.15, 0.2) is 24.8 Å². The summed E-state index contributed by atoms with van der Waals surface area (Å²) in [6.07, 6.45) is 1.70. The molecule has 0 fully saturated rings. The molecule has 0 saturated heterocycles. The van der Waals surface area contributed by atoms with Gasteiger partial charge in [0.15, 0.2) is 5.82 Å². The number of hydrogen-bond donors (Lipinski definition) is 2. The second-order valence-corrected chi connectivity index (χ2v) is 3.67. The molecule has 0 aromatic heterocycles. The summed E-state index contributed by atoms with van der Waals surface area (Å²) in [6.45, 7) is 4.91. The highest BCUT2D eigenvalue weighted by atomic mass is 19.1. The molecule has 3 nitrogen and oxygen atoms in total. The Bertz CT molecular complexity index is 446. The van der Waals surface area contributed by atoms with Crippen LogP contribution in [0.5, 0.6) is 0 Å². The molecule has 0 spiro atoms. The summed E-state index contributed by atoms with van der Waals surface area (Å²) in [6, 6.07) is 1.52. The molecule has 17 heavy (non-hydrogen) atoms. The monoisotopic (exact) mass is 240 g/mol. The van der Waals surface area contributed by atoms with Crippen LogP contribution in [0.4, 0.5) is 14.5 Å². The van der Waals surface area contributed by atoms with Crippen LogP contribution in [-0.2, 0) is 4.79 Å². The zero-order valence-electron chi connectivity index (χ0n) is 9.47. The van der Waals surface area contributed by atoms with E-state index in [9.17, 15) is 13.6 Å². The largest absolute Gasteiger partial charge is 0.320 e. The fraction of sp³-hybridized carbons (Fsp3) is 0.250. The van der Waals surface area contributed by atoms with E-state index in [-0.39, 0.29) is 12.0 Å². The van der Waals surface area contributed by atoms with E-state index < -0.39 is 29.3 Å². The first-order chi connectivity index (χ1) is 7.97. The van der Waals surface area contributed by atoms with Crippen LogP contribution in [0.25, 0.3) is 0 Å². The van der Waals surface area contributed by atoms with E-state index in [0.717, 1.165) is 6.07 Å². The number of carbonyl (C=O) groups excluding carboxylic acids is 1. The quantitative estimate of drug-likeness (QED) is 0.792. The predicted molar refractivity (Wildman–Crippen MR) is 62.5 cm³/mol. The maximum atomic E-state index is 13.6. The Balaban J connectivity index is 2.92. The van der Waals surface area contributed by atoms with E-state index in [1.807, 2.05) is 0 Å². The minimum Gasteiger partial charge on any atom is -0.320 e. The van der Waals surface area contributed by atoms with Crippen LogP contribution < -0.4 is 11.1 Å². The van der Waals surface area contributed by atoms with Crippen LogP contribution in [-0.4, -0.2) is 11.9 Å². The van der Waals surface area contributed by atoms with E-state index >= 15 is 0 Å². The summed E-state index contributed by atoms with van der Waals surface area (Å²) in [5.74, 6) is -2.26. The SMILES string of the molecule is C=CCC(N)C(=O)Nc1c(F)ccc(C)c1F. The Kier molecular flexibility index (Phi) is 4.34. The lowest BCUT2D eigenvalue weighted by molar-refractivity contribution is -0.117. The molecule has 1 amide bonds. The van der Waals surface area contributed by atoms with Crippen molar-refractivity contribution in [2.45, 2.75) is 19.4 Å². The van der Waals surface area contributed by atoms with Gasteiger partial charge in [-0.1, -0.05) is 12.1 Å². The van der Waals surface area contributed by atoms with Gasteiger partial charge < -0.3 is 11.1 Å². The molecule has 0 heterocycles. The predicted octanol–water partition coefficient (Wildman–Crippen LogP) is 2.12. The van der Waals surface area contributed by atoms with Crippen LogP contribution >= 0.6 is 0 Å². The maximum Gasteiger partial charge on any atom is 0.241 e. The van der Waals surface area contributed by atoms with E-state index in [2.05, 4.69) is 11.9 Å². The minimum absolute atomic E-state index is 0.237. The average molecular weight is 240 g/mol. The minimum atomic E-state index is -0.869. The molecule has 1 atom stereocenters. The van der Waals surface area contributed by atoms with Crippen molar-refractivity contribution >= 4 is 11.6 Å². The Morgan fingerprint density at radius 3 is 2.82 bits per heavy atom. The molecule has 3 N–H and O–H groups in total. The highest BCUT2D eigenvalue weighted by Gasteiger charge is 2.17. The molecule has 92 valence electrons. The summed E-state index contributed by atoms with van der Waals surface area (Å²) in [4.78, 5) is 11.5. The van der Waals surface area contributed by atoms with Crippen molar-refractivity contribution < 1.29 is 13.6 Å². The molecule has 0 saturated carbocycles. The summed E-state index contributed by atoms with van der Waals surface area (Å²) in [5, 5.41) is 2.14. The number of anilines is 1. The molecule has 1 aromatic carbocycles. The van der Waals surface area contributed by atoms with Gasteiger partial charge in [-0.15, -0.1) is 6.58 Å². The van der Waals surface area contributed by atoms with E-state index in [1.165, 1.54) is 19.1 Å². The van der Waals surface area contributed by atoms with E-state index in [0.29, 0.717) is 0 Å². The molecule has 0 bridgehead atoms. The zero-order valence-corrected chi connectivity index (χ0v) is 9.47. The van der Waals surface area contributed by atoms with Gasteiger partial charge in [0.2, 0.25) is 5.91 Å². The number of aryl methyl sites for hydroxylation is 1. The lowest BCUT2D eigenvalue weighted by Gasteiger charge is -2.12. The summed E-state index contributed by atoms with van der Waals surface area (Å²) in [5.41, 5.74) is 5.27. The first kappa shape index (κ1) is 13.3. The van der Waals surface area contributed by atoms with Crippen LogP contribution in [0.3, 0.4) is 0 Å². The molecule has 1 aromatic rings. The number of nitrogens with two attached hydrogens (primary N) is 1. The van der Waals surface area contributed by atoms with Crippen molar-refractivity contribution in [3.8, 4) is 0 Å². The zero-order chi connectivity index (χ0) is 13.0. The summed E-state index contributed by atoms with van der Waals surface area (Å²) in [7, 11) is 0. The van der Waals surface area contributed by atoms with Gasteiger partial charge in [0.25, 0.3) is 0 Å². The van der Waals surface area contributed by atoms with Gasteiger partial charge in [-0.25, -0.2) is 8.78 Å². The molecule has 1 unspecified atom stereocenters. The van der Waals surface area contributed by atoms with Crippen molar-refractivity contribution in [2.75, 3.05) is 5.32 Å². The van der Waals surface area contributed by atoms with Crippen molar-refractivity contribution in [3.63, 3.8) is 0 Å². The molecular weight excluding hydrogens is 226 g/mol. The van der Waals surface area contributed by atoms with Crippen LogP contribution in [0.2, 0.25) is 0 Å². The van der Waals surface area contributed by atoms with Gasteiger partial charge in [-0.05, 0) is 25.0 Å². The number of benzene rings is 1. The van der Waals surface area contributed by atoms with Crippen LogP contribution in [0.1, 0.15) is 12.0 Å². The van der Waals surface area contributed by atoms with Gasteiger partial charge in [0, 0.05) is 0 Å². The smallest absolute Gasteiger partial charge is 0.241 e. The van der Waals surface area contributed by atoms with Gasteiger partial charge >= 0.3 is 0 Å². The first-order valence-corrected chi connectivity index (χ1v) is 5.09. The number of hydrogen-bond acceptors (Lipinski definition) is 2. The van der Waals surface area contributed by atoms with Gasteiger partial charge in [-0.2, -0.15) is 0 Å². The normalized spacial score (nSPS) is 12.0. The third-order valence-corrected chi connectivity index (χ3v) is 2.29. The summed E-state index contributed by atoms with van der Waals surface area (Å²) >= 11 is 0. The number of carbonyl (C=O) groups is 1. The van der Waals surface area contributed by atoms with Gasteiger partial charge in [0.1, 0.15) is 11.5 Å². The van der Waals surface area contributed by atoms with E-state index in [1.54, 1.807) is 0 Å². The standard InChI is InChI=1S/C12H14F2N2O/c1-3-4-9(15)12(17)16-11-8(13)6-5-7(2)10(11)14/h3,5-6,9H,1,4,15H2,2H3,(H,16,17). The number of amides is 1.